The standard InChI is InChI=1S/C20H20F6N4O/c1-10-13(9-28-19(29-10)20(24,25)26)18(31)30-4-2-11(3-5-30)17(27)7-12-6-15(22)16(23)8-14(12)21/h6,8-9,11,17H,2-5,7,27H2,1H3/t17-/m1/s1. The van der Waals surface area contributed by atoms with Crippen molar-refractivity contribution in [3.8, 4) is 0 Å². The number of nitrogens with two attached hydrogens (primary N) is 1. The van der Waals surface area contributed by atoms with Crippen molar-refractivity contribution in [2.45, 2.75) is 38.4 Å². The van der Waals surface area contributed by atoms with E-state index in [0.717, 1.165) is 12.3 Å². The van der Waals surface area contributed by atoms with Crippen LogP contribution in [0.5, 0.6) is 0 Å². The fourth-order valence-electron chi connectivity index (χ4n) is 3.66. The van der Waals surface area contributed by atoms with Gasteiger partial charge < -0.3 is 10.6 Å². The highest BCUT2D eigenvalue weighted by molar-refractivity contribution is 5.95. The number of amides is 1. The monoisotopic (exact) mass is 446 g/mol. The first-order valence-electron chi connectivity index (χ1n) is 9.56. The van der Waals surface area contributed by atoms with E-state index in [1.807, 2.05) is 0 Å². The molecule has 0 aliphatic carbocycles. The predicted octanol–water partition coefficient (Wildman–Crippen LogP) is 3.64. The summed E-state index contributed by atoms with van der Waals surface area (Å²) in [4.78, 5) is 20.8. The van der Waals surface area contributed by atoms with Crippen molar-refractivity contribution < 1.29 is 31.1 Å². The molecule has 31 heavy (non-hydrogen) atoms. The minimum atomic E-state index is -4.70. The number of aryl methyl sites for hydroxylation is 1. The highest BCUT2D eigenvalue weighted by atomic mass is 19.4. The van der Waals surface area contributed by atoms with E-state index >= 15 is 0 Å². The number of aromatic nitrogens is 2. The highest BCUT2D eigenvalue weighted by Gasteiger charge is 2.36. The molecule has 3 rings (SSSR count). The van der Waals surface area contributed by atoms with E-state index in [1.54, 1.807) is 0 Å². The molecule has 2 N–H and O–H groups in total. The number of benzene rings is 1. The first kappa shape index (κ1) is 23.0. The number of alkyl halides is 3. The fourth-order valence-corrected chi connectivity index (χ4v) is 3.66. The molecule has 1 fully saturated rings. The molecule has 1 aromatic heterocycles. The number of piperidine rings is 1. The van der Waals surface area contributed by atoms with Crippen molar-refractivity contribution in [2.24, 2.45) is 11.7 Å². The van der Waals surface area contributed by atoms with Gasteiger partial charge in [-0.05, 0) is 43.7 Å². The van der Waals surface area contributed by atoms with Crippen molar-refractivity contribution in [3.05, 3.63) is 58.4 Å². The van der Waals surface area contributed by atoms with Gasteiger partial charge in [-0.3, -0.25) is 4.79 Å². The Morgan fingerprint density at radius 3 is 2.35 bits per heavy atom. The van der Waals surface area contributed by atoms with Crippen molar-refractivity contribution in [1.82, 2.24) is 14.9 Å². The zero-order valence-electron chi connectivity index (χ0n) is 16.5. The summed E-state index contributed by atoms with van der Waals surface area (Å²) in [6.45, 7) is 1.89. The van der Waals surface area contributed by atoms with Crippen LogP contribution in [-0.4, -0.2) is 39.9 Å². The van der Waals surface area contributed by atoms with Crippen LogP contribution in [0, 0.1) is 30.3 Å². The van der Waals surface area contributed by atoms with Crippen LogP contribution >= 0.6 is 0 Å². The molecule has 0 radical (unpaired) electrons. The van der Waals surface area contributed by atoms with Gasteiger partial charge in [0.25, 0.3) is 5.91 Å². The lowest BCUT2D eigenvalue weighted by Gasteiger charge is -2.35. The second-order valence-corrected chi connectivity index (χ2v) is 7.55. The van der Waals surface area contributed by atoms with Crippen LogP contribution < -0.4 is 5.73 Å². The van der Waals surface area contributed by atoms with Gasteiger partial charge >= 0.3 is 6.18 Å². The molecule has 5 nitrogen and oxygen atoms in total. The Labute approximate surface area is 174 Å². The van der Waals surface area contributed by atoms with Crippen LogP contribution in [0.15, 0.2) is 18.3 Å². The van der Waals surface area contributed by atoms with E-state index in [0.29, 0.717) is 18.9 Å². The van der Waals surface area contributed by atoms with Gasteiger partial charge in [0.1, 0.15) is 5.82 Å². The summed E-state index contributed by atoms with van der Waals surface area (Å²) in [5.74, 6) is -5.19. The Bertz CT molecular complexity index is 973. The molecule has 11 heteroatoms. The van der Waals surface area contributed by atoms with Crippen LogP contribution in [-0.2, 0) is 12.6 Å². The molecule has 2 heterocycles. The maximum absolute atomic E-state index is 13.9. The van der Waals surface area contributed by atoms with Crippen molar-refractivity contribution in [3.63, 3.8) is 0 Å². The van der Waals surface area contributed by atoms with E-state index in [9.17, 15) is 31.1 Å². The topological polar surface area (TPSA) is 72.1 Å². The number of hydrogen-bond donors (Lipinski definition) is 1. The normalized spacial score (nSPS) is 16.5. The summed E-state index contributed by atoms with van der Waals surface area (Å²) in [6, 6.07) is 0.733. The molecule has 1 aliphatic rings. The number of carbonyl (C=O) groups excluding carboxylic acids is 1. The summed E-state index contributed by atoms with van der Waals surface area (Å²) in [5, 5.41) is 0. The molecule has 0 spiro atoms. The molecule has 1 atom stereocenters. The number of likely N-dealkylation sites (tertiary alicyclic amines) is 1. The number of nitrogens with zero attached hydrogens (tertiary/aromatic N) is 3. The third-order valence-corrected chi connectivity index (χ3v) is 5.44. The van der Waals surface area contributed by atoms with Crippen LogP contribution in [0.25, 0.3) is 0 Å². The summed E-state index contributed by atoms with van der Waals surface area (Å²) >= 11 is 0. The molecule has 1 aliphatic heterocycles. The molecule has 2 aromatic rings. The fraction of sp³-hybridized carbons (Fsp3) is 0.450. The van der Waals surface area contributed by atoms with Crippen LogP contribution in [0.1, 0.15) is 40.3 Å². The maximum Gasteiger partial charge on any atom is 0.451 e. The Balaban J connectivity index is 1.61. The van der Waals surface area contributed by atoms with Gasteiger partial charge in [0, 0.05) is 31.4 Å². The second kappa shape index (κ2) is 8.81. The van der Waals surface area contributed by atoms with Gasteiger partial charge in [-0.2, -0.15) is 13.2 Å². The van der Waals surface area contributed by atoms with Gasteiger partial charge in [-0.25, -0.2) is 23.1 Å². The predicted molar refractivity (Wildman–Crippen MR) is 98.4 cm³/mol. The summed E-state index contributed by atoms with van der Waals surface area (Å²) < 4.78 is 78.4. The SMILES string of the molecule is Cc1nc(C(F)(F)F)ncc1C(=O)N1CCC([C@H](N)Cc2cc(F)c(F)cc2F)CC1. The minimum absolute atomic E-state index is 0.00744. The van der Waals surface area contributed by atoms with Gasteiger partial charge in [0.15, 0.2) is 11.6 Å². The lowest BCUT2D eigenvalue weighted by atomic mass is 9.86. The molecular weight excluding hydrogens is 426 g/mol. The largest absolute Gasteiger partial charge is 0.451 e. The van der Waals surface area contributed by atoms with E-state index in [2.05, 4.69) is 9.97 Å². The van der Waals surface area contributed by atoms with E-state index < -0.39 is 41.4 Å². The Morgan fingerprint density at radius 2 is 1.77 bits per heavy atom. The van der Waals surface area contributed by atoms with Crippen LogP contribution in [0.3, 0.4) is 0 Å². The molecule has 0 unspecified atom stereocenters. The average Bonchev–Trinajstić information content (AvgIpc) is 2.71. The zero-order chi connectivity index (χ0) is 22.9. The van der Waals surface area contributed by atoms with Gasteiger partial charge in [0.2, 0.25) is 5.82 Å². The van der Waals surface area contributed by atoms with E-state index in [1.165, 1.54) is 11.8 Å². The van der Waals surface area contributed by atoms with Crippen molar-refractivity contribution in [1.29, 1.82) is 0 Å². The summed E-state index contributed by atoms with van der Waals surface area (Å²) in [7, 11) is 0. The maximum atomic E-state index is 13.9. The van der Waals surface area contributed by atoms with Crippen molar-refractivity contribution in [2.75, 3.05) is 13.1 Å². The van der Waals surface area contributed by atoms with Gasteiger partial charge in [-0.1, -0.05) is 0 Å². The average molecular weight is 446 g/mol. The quantitative estimate of drug-likeness (QED) is 0.575. The summed E-state index contributed by atoms with van der Waals surface area (Å²) in [6.07, 6.45) is -2.88. The third-order valence-electron chi connectivity index (χ3n) is 5.44. The number of hydrogen-bond acceptors (Lipinski definition) is 4. The molecule has 0 bridgehead atoms. The first-order chi connectivity index (χ1) is 14.5. The zero-order valence-corrected chi connectivity index (χ0v) is 16.5. The third kappa shape index (κ3) is 5.15. The highest BCUT2D eigenvalue weighted by Crippen LogP contribution is 2.28. The van der Waals surface area contributed by atoms with Crippen LogP contribution in [0.4, 0.5) is 26.3 Å². The summed E-state index contributed by atoms with van der Waals surface area (Å²) in [5.41, 5.74) is 6.03. The molecular formula is C20H20F6N4O. The number of carbonyl (C=O) groups is 1. The van der Waals surface area contributed by atoms with Crippen molar-refractivity contribution >= 4 is 5.91 Å². The number of rotatable bonds is 4. The van der Waals surface area contributed by atoms with Gasteiger partial charge in [0.05, 0.1) is 11.3 Å². The number of halogens is 6. The smallest absolute Gasteiger partial charge is 0.339 e. The molecule has 0 saturated carbocycles. The Hall–Kier alpha value is -2.69. The Kier molecular flexibility index (Phi) is 6.54. The first-order valence-corrected chi connectivity index (χ1v) is 9.56. The molecule has 168 valence electrons. The van der Waals surface area contributed by atoms with E-state index in [-0.39, 0.29) is 42.2 Å². The Morgan fingerprint density at radius 1 is 1.16 bits per heavy atom. The minimum Gasteiger partial charge on any atom is -0.339 e. The van der Waals surface area contributed by atoms with Crippen LogP contribution in [0.2, 0.25) is 0 Å². The molecule has 1 saturated heterocycles. The van der Waals surface area contributed by atoms with E-state index in [4.69, 9.17) is 5.73 Å². The second-order valence-electron chi connectivity index (χ2n) is 7.55. The lowest BCUT2D eigenvalue weighted by molar-refractivity contribution is -0.145. The molecule has 1 aromatic carbocycles. The lowest BCUT2D eigenvalue weighted by Crippen LogP contribution is -2.44. The van der Waals surface area contributed by atoms with Gasteiger partial charge in [-0.15, -0.1) is 0 Å². The molecule has 1 amide bonds.